The van der Waals surface area contributed by atoms with Crippen molar-refractivity contribution >= 4 is 5.91 Å². The smallest absolute Gasteiger partial charge is 0.233 e. The zero-order valence-corrected chi connectivity index (χ0v) is 10.1. The molecule has 0 bridgehead atoms. The normalized spacial score (nSPS) is 11.5. The highest BCUT2D eigenvalue weighted by atomic mass is 16.2. The van der Waals surface area contributed by atoms with Crippen molar-refractivity contribution in [3.63, 3.8) is 0 Å². The lowest BCUT2D eigenvalue weighted by atomic mass is 9.88. The zero-order chi connectivity index (χ0) is 11.7. The van der Waals surface area contributed by atoms with Crippen LogP contribution >= 0.6 is 0 Å². The second-order valence-electron chi connectivity index (χ2n) is 4.55. The fourth-order valence-electron chi connectivity index (χ4n) is 1.42. The van der Waals surface area contributed by atoms with E-state index < -0.39 is 0 Å². The Balaban J connectivity index is 3.60. The fraction of sp³-hybridized carbons (Fsp3) is 0.909. The molecular formula is C11H24N2O2. The first-order chi connectivity index (χ1) is 7.02. The van der Waals surface area contributed by atoms with Crippen molar-refractivity contribution in [2.75, 3.05) is 26.2 Å². The van der Waals surface area contributed by atoms with Crippen LogP contribution in [0.15, 0.2) is 0 Å². The van der Waals surface area contributed by atoms with Crippen LogP contribution in [0, 0.1) is 5.41 Å². The molecule has 0 heterocycles. The molecule has 3 N–H and O–H groups in total. The van der Waals surface area contributed by atoms with Crippen LogP contribution in [0.5, 0.6) is 0 Å². The standard InChI is InChI=1S/C11H24N2O2/c1-4-13-10(15)8-12-9-11(2,3)6-5-7-14/h12,14H,4-9H2,1-3H3,(H,13,15). The second kappa shape index (κ2) is 7.65. The molecule has 4 nitrogen and oxygen atoms in total. The Labute approximate surface area is 92.4 Å². The van der Waals surface area contributed by atoms with Crippen molar-refractivity contribution in [2.45, 2.75) is 33.6 Å². The highest BCUT2D eigenvalue weighted by molar-refractivity contribution is 5.77. The van der Waals surface area contributed by atoms with Gasteiger partial charge in [0.05, 0.1) is 6.54 Å². The minimum absolute atomic E-state index is 0.0375. The predicted octanol–water partition coefficient (Wildman–Crippen LogP) is 0.511. The molecule has 0 aromatic heterocycles. The topological polar surface area (TPSA) is 61.4 Å². The first-order valence-corrected chi connectivity index (χ1v) is 5.60. The lowest BCUT2D eigenvalue weighted by Gasteiger charge is -2.24. The number of aliphatic hydroxyl groups is 1. The minimum Gasteiger partial charge on any atom is -0.396 e. The Morgan fingerprint density at radius 1 is 1.40 bits per heavy atom. The lowest BCUT2D eigenvalue weighted by Crippen LogP contribution is -2.38. The number of carbonyl (C=O) groups excluding carboxylic acids is 1. The summed E-state index contributed by atoms with van der Waals surface area (Å²) in [7, 11) is 0. The summed E-state index contributed by atoms with van der Waals surface area (Å²) in [5.74, 6) is 0.0375. The van der Waals surface area contributed by atoms with Gasteiger partial charge in [0.25, 0.3) is 0 Å². The fourth-order valence-corrected chi connectivity index (χ4v) is 1.42. The predicted molar refractivity (Wildman–Crippen MR) is 61.7 cm³/mol. The number of rotatable bonds is 8. The maximum Gasteiger partial charge on any atom is 0.233 e. The number of amides is 1. The molecule has 0 fully saturated rings. The number of hydrogen-bond donors (Lipinski definition) is 3. The molecule has 0 aliphatic rings. The highest BCUT2D eigenvalue weighted by Gasteiger charge is 2.16. The molecule has 4 heteroatoms. The quantitative estimate of drug-likeness (QED) is 0.554. The van der Waals surface area contributed by atoms with E-state index in [1.807, 2.05) is 6.92 Å². The summed E-state index contributed by atoms with van der Waals surface area (Å²) in [6.45, 7) is 8.25. The van der Waals surface area contributed by atoms with Crippen LogP contribution in [-0.2, 0) is 4.79 Å². The van der Waals surface area contributed by atoms with Gasteiger partial charge in [0, 0.05) is 19.7 Å². The van der Waals surface area contributed by atoms with Gasteiger partial charge in [0.1, 0.15) is 0 Å². The third kappa shape index (κ3) is 8.39. The van der Waals surface area contributed by atoms with E-state index in [4.69, 9.17) is 5.11 Å². The summed E-state index contributed by atoms with van der Waals surface area (Å²) in [6.07, 6.45) is 1.78. The molecule has 0 saturated heterocycles. The zero-order valence-electron chi connectivity index (χ0n) is 10.1. The van der Waals surface area contributed by atoms with Gasteiger partial charge in [0.15, 0.2) is 0 Å². The van der Waals surface area contributed by atoms with E-state index >= 15 is 0 Å². The van der Waals surface area contributed by atoms with Crippen molar-refractivity contribution in [3.8, 4) is 0 Å². The maximum atomic E-state index is 11.1. The summed E-state index contributed by atoms with van der Waals surface area (Å²) < 4.78 is 0. The lowest BCUT2D eigenvalue weighted by molar-refractivity contribution is -0.120. The van der Waals surface area contributed by atoms with Gasteiger partial charge in [-0.15, -0.1) is 0 Å². The Hall–Kier alpha value is -0.610. The molecule has 0 aliphatic carbocycles. The third-order valence-electron chi connectivity index (χ3n) is 2.27. The van der Waals surface area contributed by atoms with Crippen LogP contribution in [0.25, 0.3) is 0 Å². The number of aliphatic hydroxyl groups excluding tert-OH is 1. The van der Waals surface area contributed by atoms with Gasteiger partial charge in [-0.25, -0.2) is 0 Å². The molecule has 0 atom stereocenters. The number of hydrogen-bond acceptors (Lipinski definition) is 3. The summed E-state index contributed by atoms with van der Waals surface area (Å²) in [4.78, 5) is 11.1. The second-order valence-corrected chi connectivity index (χ2v) is 4.55. The van der Waals surface area contributed by atoms with Crippen molar-refractivity contribution in [1.82, 2.24) is 10.6 Å². The Morgan fingerprint density at radius 2 is 2.07 bits per heavy atom. The first kappa shape index (κ1) is 14.4. The Kier molecular flexibility index (Phi) is 7.34. The van der Waals surface area contributed by atoms with Gasteiger partial charge in [-0.2, -0.15) is 0 Å². The highest BCUT2D eigenvalue weighted by Crippen LogP contribution is 2.20. The average molecular weight is 216 g/mol. The molecular weight excluding hydrogens is 192 g/mol. The Morgan fingerprint density at radius 3 is 2.60 bits per heavy atom. The molecule has 1 amide bonds. The van der Waals surface area contributed by atoms with Crippen LogP contribution in [0.1, 0.15) is 33.6 Å². The van der Waals surface area contributed by atoms with Crippen LogP contribution < -0.4 is 10.6 Å². The molecule has 0 aliphatic heterocycles. The van der Waals surface area contributed by atoms with Crippen molar-refractivity contribution < 1.29 is 9.90 Å². The van der Waals surface area contributed by atoms with Gasteiger partial charge in [-0.1, -0.05) is 13.8 Å². The largest absolute Gasteiger partial charge is 0.396 e. The number of nitrogens with one attached hydrogen (secondary N) is 2. The van der Waals surface area contributed by atoms with E-state index in [0.717, 1.165) is 19.4 Å². The molecule has 15 heavy (non-hydrogen) atoms. The van der Waals surface area contributed by atoms with Crippen molar-refractivity contribution in [1.29, 1.82) is 0 Å². The molecule has 0 rings (SSSR count). The summed E-state index contributed by atoms with van der Waals surface area (Å²) >= 11 is 0. The van der Waals surface area contributed by atoms with E-state index in [1.165, 1.54) is 0 Å². The minimum atomic E-state index is 0.0375. The molecule has 0 aromatic rings. The van der Waals surface area contributed by atoms with Gasteiger partial charge in [0.2, 0.25) is 5.91 Å². The van der Waals surface area contributed by atoms with Gasteiger partial charge >= 0.3 is 0 Å². The summed E-state index contributed by atoms with van der Waals surface area (Å²) in [5, 5.41) is 14.6. The van der Waals surface area contributed by atoms with Gasteiger partial charge in [-0.3, -0.25) is 4.79 Å². The van der Waals surface area contributed by atoms with Crippen molar-refractivity contribution in [3.05, 3.63) is 0 Å². The first-order valence-electron chi connectivity index (χ1n) is 5.60. The van der Waals surface area contributed by atoms with Gasteiger partial charge in [-0.05, 0) is 25.2 Å². The molecule has 90 valence electrons. The summed E-state index contributed by atoms with van der Waals surface area (Å²) in [6, 6.07) is 0. The molecule has 0 spiro atoms. The van der Waals surface area contributed by atoms with E-state index in [0.29, 0.717) is 13.1 Å². The van der Waals surface area contributed by atoms with E-state index in [9.17, 15) is 4.79 Å². The number of likely N-dealkylation sites (N-methyl/N-ethyl adjacent to an activating group) is 1. The molecule has 0 unspecified atom stereocenters. The average Bonchev–Trinajstić information content (AvgIpc) is 2.15. The van der Waals surface area contributed by atoms with E-state index in [2.05, 4.69) is 24.5 Å². The van der Waals surface area contributed by atoms with Crippen LogP contribution in [0.4, 0.5) is 0 Å². The molecule has 0 saturated carbocycles. The van der Waals surface area contributed by atoms with E-state index in [-0.39, 0.29) is 17.9 Å². The monoisotopic (exact) mass is 216 g/mol. The SMILES string of the molecule is CCNC(=O)CNCC(C)(C)CCCO. The van der Waals surface area contributed by atoms with Crippen LogP contribution in [0.2, 0.25) is 0 Å². The van der Waals surface area contributed by atoms with Crippen LogP contribution in [0.3, 0.4) is 0 Å². The maximum absolute atomic E-state index is 11.1. The van der Waals surface area contributed by atoms with Crippen molar-refractivity contribution in [2.24, 2.45) is 5.41 Å². The Bertz CT molecular complexity index is 181. The van der Waals surface area contributed by atoms with Gasteiger partial charge < -0.3 is 15.7 Å². The van der Waals surface area contributed by atoms with E-state index in [1.54, 1.807) is 0 Å². The molecule has 0 aromatic carbocycles. The molecule has 0 radical (unpaired) electrons. The summed E-state index contributed by atoms with van der Waals surface area (Å²) in [5.41, 5.74) is 0.134. The number of carbonyl (C=O) groups is 1. The third-order valence-corrected chi connectivity index (χ3v) is 2.27. The van der Waals surface area contributed by atoms with Crippen LogP contribution in [-0.4, -0.2) is 37.3 Å².